The fraction of sp³-hybridized carbons (Fsp3) is 0.462. The lowest BCUT2D eigenvalue weighted by Crippen LogP contribution is -2.23. The van der Waals surface area contributed by atoms with Gasteiger partial charge in [0.05, 0.1) is 18.3 Å². The second-order valence-corrected chi connectivity index (χ2v) is 9.26. The van der Waals surface area contributed by atoms with E-state index in [0.29, 0.717) is 30.5 Å². The number of aromatic nitrogens is 6. The van der Waals surface area contributed by atoms with Crippen molar-refractivity contribution in [3.8, 4) is 23.1 Å². The van der Waals surface area contributed by atoms with Crippen LogP contribution in [-0.2, 0) is 20.6 Å². The van der Waals surface area contributed by atoms with Gasteiger partial charge in [-0.3, -0.25) is 0 Å². The molecule has 10 nitrogen and oxygen atoms in total. The molecule has 1 N–H and O–H groups in total. The first-order valence-electron chi connectivity index (χ1n) is 12.7. The molecule has 0 aliphatic carbocycles. The Morgan fingerprint density at radius 1 is 1.06 bits per heavy atom. The van der Waals surface area contributed by atoms with Gasteiger partial charge in [0.1, 0.15) is 11.4 Å². The minimum atomic E-state index is -0.141. The van der Waals surface area contributed by atoms with E-state index in [4.69, 9.17) is 24.3 Å². The van der Waals surface area contributed by atoms with Crippen LogP contribution in [0.25, 0.3) is 28.2 Å². The van der Waals surface area contributed by atoms with Gasteiger partial charge < -0.3 is 19.3 Å². The van der Waals surface area contributed by atoms with E-state index in [1.165, 1.54) is 0 Å². The molecule has 188 valence electrons. The molecule has 2 atom stereocenters. The average molecular weight is 491 g/mol. The van der Waals surface area contributed by atoms with Crippen LogP contribution in [0.5, 0.6) is 5.75 Å². The van der Waals surface area contributed by atoms with Crippen LogP contribution in [0.4, 0.5) is 0 Å². The highest BCUT2D eigenvalue weighted by Gasteiger charge is 2.23. The molecule has 0 amide bonds. The Labute approximate surface area is 208 Å². The number of phenolic OH excluding ortho intramolecular Hbond substituents is 1. The smallest absolute Gasteiger partial charge is 0.182 e. The van der Waals surface area contributed by atoms with Gasteiger partial charge in [0, 0.05) is 37.1 Å². The number of nitrogens with zero attached hydrogens (tertiary/aromatic N) is 6. The zero-order valence-electron chi connectivity index (χ0n) is 20.1. The van der Waals surface area contributed by atoms with Crippen molar-refractivity contribution in [2.75, 3.05) is 19.8 Å². The third-order valence-electron chi connectivity index (χ3n) is 6.67. The summed E-state index contributed by atoms with van der Waals surface area (Å²) in [6.07, 6.45) is 12.3. The zero-order chi connectivity index (χ0) is 24.3. The SMILES string of the molecule is Oc1ccc2c(c1)c(-c1nccc(-n3cc(CCOC4CCCCO4)cn3)n1)nn2C1CCCCO1. The van der Waals surface area contributed by atoms with E-state index < -0.39 is 0 Å². The molecule has 2 aliphatic rings. The topological polar surface area (TPSA) is 109 Å². The van der Waals surface area contributed by atoms with Crippen LogP contribution >= 0.6 is 0 Å². The van der Waals surface area contributed by atoms with Gasteiger partial charge in [0.2, 0.25) is 0 Å². The van der Waals surface area contributed by atoms with Crippen molar-refractivity contribution in [1.29, 1.82) is 0 Å². The van der Waals surface area contributed by atoms with Gasteiger partial charge >= 0.3 is 0 Å². The summed E-state index contributed by atoms with van der Waals surface area (Å²) in [6.45, 7) is 2.08. The third-order valence-corrected chi connectivity index (χ3v) is 6.67. The van der Waals surface area contributed by atoms with Gasteiger partial charge in [-0.2, -0.15) is 10.2 Å². The molecule has 1 aromatic carbocycles. The summed E-state index contributed by atoms with van der Waals surface area (Å²) in [4.78, 5) is 9.26. The van der Waals surface area contributed by atoms with Crippen LogP contribution in [0.3, 0.4) is 0 Å². The van der Waals surface area contributed by atoms with Crippen LogP contribution < -0.4 is 0 Å². The second kappa shape index (κ2) is 10.3. The number of ether oxygens (including phenoxy) is 3. The van der Waals surface area contributed by atoms with Gasteiger partial charge in [-0.15, -0.1) is 0 Å². The van der Waals surface area contributed by atoms with Crippen molar-refractivity contribution in [3.63, 3.8) is 0 Å². The lowest BCUT2D eigenvalue weighted by atomic mass is 10.1. The highest BCUT2D eigenvalue weighted by atomic mass is 16.7. The van der Waals surface area contributed by atoms with E-state index in [2.05, 4.69) is 10.1 Å². The maximum absolute atomic E-state index is 10.2. The van der Waals surface area contributed by atoms with Crippen LogP contribution in [0.2, 0.25) is 0 Å². The van der Waals surface area contributed by atoms with Crippen molar-refractivity contribution in [2.24, 2.45) is 0 Å². The molecule has 2 unspecified atom stereocenters. The highest BCUT2D eigenvalue weighted by Crippen LogP contribution is 2.33. The van der Waals surface area contributed by atoms with Crippen LogP contribution in [0.1, 0.15) is 50.3 Å². The summed E-state index contributed by atoms with van der Waals surface area (Å²) in [5, 5.41) is 20.3. The quantitative estimate of drug-likeness (QED) is 0.411. The summed E-state index contributed by atoms with van der Waals surface area (Å²) in [5.41, 5.74) is 2.54. The number of hydrogen-bond acceptors (Lipinski definition) is 8. The maximum atomic E-state index is 10.2. The molecular weight excluding hydrogens is 460 g/mol. The molecule has 0 bridgehead atoms. The summed E-state index contributed by atoms with van der Waals surface area (Å²) >= 11 is 0. The summed E-state index contributed by atoms with van der Waals surface area (Å²) in [6, 6.07) is 7.05. The molecule has 3 aromatic heterocycles. The molecule has 2 aliphatic heterocycles. The van der Waals surface area contributed by atoms with Gasteiger partial charge in [-0.1, -0.05) is 0 Å². The van der Waals surface area contributed by atoms with Crippen molar-refractivity contribution < 1.29 is 19.3 Å². The van der Waals surface area contributed by atoms with Crippen molar-refractivity contribution in [1.82, 2.24) is 29.5 Å². The van der Waals surface area contributed by atoms with Crippen LogP contribution in [-0.4, -0.2) is 60.7 Å². The zero-order valence-corrected chi connectivity index (χ0v) is 20.1. The molecule has 10 heteroatoms. The molecule has 2 fully saturated rings. The van der Waals surface area contributed by atoms with E-state index in [9.17, 15) is 5.11 Å². The molecule has 36 heavy (non-hydrogen) atoms. The first-order chi connectivity index (χ1) is 17.7. The normalized spacial score (nSPS) is 20.7. The van der Waals surface area contributed by atoms with E-state index >= 15 is 0 Å². The monoisotopic (exact) mass is 490 g/mol. The maximum Gasteiger partial charge on any atom is 0.182 e. The Hall–Kier alpha value is -3.34. The average Bonchev–Trinajstić information content (AvgIpc) is 3.55. The lowest BCUT2D eigenvalue weighted by molar-refractivity contribution is -0.161. The fourth-order valence-corrected chi connectivity index (χ4v) is 4.79. The van der Waals surface area contributed by atoms with Crippen LogP contribution in [0, 0.1) is 0 Å². The lowest BCUT2D eigenvalue weighted by Gasteiger charge is -2.23. The summed E-state index contributed by atoms with van der Waals surface area (Å²) < 4.78 is 21.1. The number of rotatable bonds is 7. The van der Waals surface area contributed by atoms with Crippen LogP contribution in [0.15, 0.2) is 42.9 Å². The minimum Gasteiger partial charge on any atom is -0.508 e. The molecular formula is C26H30N6O4. The predicted molar refractivity (Wildman–Crippen MR) is 132 cm³/mol. The first-order valence-corrected chi connectivity index (χ1v) is 12.7. The minimum absolute atomic E-state index is 0.0914. The van der Waals surface area contributed by atoms with E-state index in [1.807, 2.05) is 29.2 Å². The molecule has 4 aromatic rings. The Morgan fingerprint density at radius 2 is 1.94 bits per heavy atom. The Kier molecular flexibility index (Phi) is 6.63. The fourth-order valence-electron chi connectivity index (χ4n) is 4.79. The molecule has 0 spiro atoms. The van der Waals surface area contributed by atoms with E-state index in [0.717, 1.165) is 68.0 Å². The summed E-state index contributed by atoms with van der Waals surface area (Å²) in [5.74, 6) is 1.27. The largest absolute Gasteiger partial charge is 0.508 e. The number of fused-ring (bicyclic) bond motifs is 1. The highest BCUT2D eigenvalue weighted by molar-refractivity contribution is 5.92. The Balaban J connectivity index is 1.24. The predicted octanol–water partition coefficient (Wildman–Crippen LogP) is 4.17. The summed E-state index contributed by atoms with van der Waals surface area (Å²) in [7, 11) is 0. The van der Waals surface area contributed by atoms with Gasteiger partial charge in [-0.05, 0) is 68.7 Å². The van der Waals surface area contributed by atoms with E-state index in [-0.39, 0.29) is 18.3 Å². The number of aromatic hydroxyl groups is 1. The molecule has 6 rings (SSSR count). The third kappa shape index (κ3) is 4.84. The number of benzene rings is 1. The standard InChI is InChI=1S/C26H30N6O4/c33-19-7-8-21-20(15-19)25(30-32(21)23-5-1-3-12-34-23)26-27-11-9-22(29-26)31-17-18(16-28-31)10-14-36-24-6-2-4-13-35-24/h7-9,11,15-17,23-24,33H,1-6,10,12-14H2. The second-order valence-electron chi connectivity index (χ2n) is 9.26. The molecule has 5 heterocycles. The van der Waals surface area contributed by atoms with Crippen molar-refractivity contribution in [3.05, 3.63) is 48.4 Å². The van der Waals surface area contributed by atoms with Gasteiger partial charge in [-0.25, -0.2) is 19.3 Å². The number of hydrogen-bond donors (Lipinski definition) is 1. The van der Waals surface area contributed by atoms with Gasteiger partial charge in [0.25, 0.3) is 0 Å². The Bertz CT molecular complexity index is 1320. The number of phenols is 1. The van der Waals surface area contributed by atoms with Gasteiger partial charge in [0.15, 0.2) is 24.2 Å². The van der Waals surface area contributed by atoms with Crippen molar-refractivity contribution >= 4 is 10.9 Å². The van der Waals surface area contributed by atoms with Crippen molar-refractivity contribution in [2.45, 2.75) is 57.5 Å². The molecule has 2 saturated heterocycles. The van der Waals surface area contributed by atoms with E-state index in [1.54, 1.807) is 23.0 Å². The molecule has 0 radical (unpaired) electrons. The molecule has 0 saturated carbocycles. The first kappa shape index (κ1) is 23.1. The Morgan fingerprint density at radius 3 is 2.78 bits per heavy atom.